The first-order valence-corrected chi connectivity index (χ1v) is 15.3. The Labute approximate surface area is 238 Å². The average Bonchev–Trinajstić information content (AvgIpc) is 2.92. The Bertz CT molecular complexity index is 991. The van der Waals surface area contributed by atoms with E-state index in [0.29, 0.717) is 17.1 Å². The van der Waals surface area contributed by atoms with Crippen molar-refractivity contribution in [3.8, 4) is 17.2 Å². The molecule has 0 aliphatic rings. The highest BCUT2D eigenvalue weighted by molar-refractivity contribution is 6.07. The summed E-state index contributed by atoms with van der Waals surface area (Å²) in [6.45, 7) is 15.0. The lowest BCUT2D eigenvalue weighted by Gasteiger charge is -2.19. The van der Waals surface area contributed by atoms with Crippen LogP contribution in [-0.2, 0) is 6.42 Å². The normalized spacial score (nSPS) is 13.7. The Morgan fingerprint density at radius 2 is 1.23 bits per heavy atom. The van der Waals surface area contributed by atoms with Crippen LogP contribution in [0.1, 0.15) is 128 Å². The van der Waals surface area contributed by atoms with Crippen molar-refractivity contribution in [3.05, 3.63) is 59.2 Å². The number of carbonyl (C=O) groups is 1. The van der Waals surface area contributed by atoms with E-state index in [2.05, 4.69) is 60.6 Å². The maximum Gasteiger partial charge on any atom is 0.186 e. The molecule has 2 aromatic carbocycles. The van der Waals surface area contributed by atoms with Crippen LogP contribution in [0.5, 0.6) is 17.2 Å². The van der Waals surface area contributed by atoms with Crippen LogP contribution in [0.3, 0.4) is 0 Å². The summed E-state index contributed by atoms with van der Waals surface area (Å²) in [7, 11) is 0. The van der Waals surface area contributed by atoms with E-state index >= 15 is 0 Å². The lowest BCUT2D eigenvalue weighted by atomic mass is 10.0. The van der Waals surface area contributed by atoms with Gasteiger partial charge in [0.2, 0.25) is 0 Å². The fourth-order valence-corrected chi connectivity index (χ4v) is 4.50. The molecule has 0 radical (unpaired) electrons. The van der Waals surface area contributed by atoms with Crippen LogP contribution in [-0.4, -0.2) is 24.1 Å². The highest BCUT2D eigenvalue weighted by atomic mass is 16.5. The van der Waals surface area contributed by atoms with Gasteiger partial charge in [0.25, 0.3) is 0 Å². The Hall–Kier alpha value is -2.75. The summed E-state index contributed by atoms with van der Waals surface area (Å²) in [5, 5.41) is 0. The van der Waals surface area contributed by atoms with E-state index < -0.39 is 0 Å². The van der Waals surface area contributed by atoms with Gasteiger partial charge in [-0.25, -0.2) is 0 Å². The van der Waals surface area contributed by atoms with Crippen LogP contribution in [0.2, 0.25) is 0 Å². The first-order valence-electron chi connectivity index (χ1n) is 15.3. The number of rotatable bonds is 19. The predicted octanol–water partition coefficient (Wildman–Crippen LogP) is 10.0. The van der Waals surface area contributed by atoms with E-state index in [9.17, 15) is 4.79 Å². The van der Waals surface area contributed by atoms with E-state index in [0.717, 1.165) is 75.5 Å². The molecule has 0 bridgehead atoms. The highest BCUT2D eigenvalue weighted by Gasteiger charge is 2.14. The summed E-state index contributed by atoms with van der Waals surface area (Å²) in [6, 6.07) is 11.8. The first kappa shape index (κ1) is 32.5. The molecule has 0 heterocycles. The average molecular weight is 537 g/mol. The van der Waals surface area contributed by atoms with Gasteiger partial charge in [0.1, 0.15) is 17.2 Å². The first-order chi connectivity index (χ1) is 18.8. The molecule has 0 N–H and O–H groups in total. The third-order valence-electron chi connectivity index (χ3n) is 6.96. The van der Waals surface area contributed by atoms with Crippen LogP contribution in [0.4, 0.5) is 0 Å². The summed E-state index contributed by atoms with van der Waals surface area (Å²) < 4.78 is 18.7. The lowest BCUT2D eigenvalue weighted by Crippen LogP contribution is -2.14. The molecule has 2 aromatic rings. The zero-order chi connectivity index (χ0) is 28.6. The van der Waals surface area contributed by atoms with Gasteiger partial charge in [-0.15, -0.1) is 0 Å². The number of carbonyl (C=O) groups excluding carboxylic acids is 1. The van der Waals surface area contributed by atoms with E-state index in [1.54, 1.807) is 6.08 Å². The minimum atomic E-state index is -0.0837. The maximum atomic E-state index is 13.4. The summed E-state index contributed by atoms with van der Waals surface area (Å²) in [4.78, 5) is 13.4. The third kappa shape index (κ3) is 11.9. The highest BCUT2D eigenvalue weighted by Crippen LogP contribution is 2.28. The largest absolute Gasteiger partial charge is 0.491 e. The molecule has 0 saturated heterocycles. The van der Waals surface area contributed by atoms with Crippen molar-refractivity contribution >= 4 is 11.9 Å². The number of hydrogen-bond donors (Lipinski definition) is 0. The van der Waals surface area contributed by atoms with E-state index in [-0.39, 0.29) is 24.1 Å². The van der Waals surface area contributed by atoms with Crippen molar-refractivity contribution in [2.75, 3.05) is 0 Å². The van der Waals surface area contributed by atoms with Crippen molar-refractivity contribution in [1.82, 2.24) is 0 Å². The molecule has 0 aliphatic carbocycles. The molecule has 39 heavy (non-hydrogen) atoms. The van der Waals surface area contributed by atoms with Crippen LogP contribution < -0.4 is 14.2 Å². The third-order valence-corrected chi connectivity index (χ3v) is 6.96. The molecule has 3 unspecified atom stereocenters. The lowest BCUT2D eigenvalue weighted by molar-refractivity contribution is 0.104. The second-order valence-corrected chi connectivity index (χ2v) is 10.8. The van der Waals surface area contributed by atoms with Crippen LogP contribution in [0, 0.1) is 0 Å². The SMILES string of the molecule is CCCCC(C)Oc1cc(OC(C)CCCC)cc(C(=O)C=Cc2cc(CC)ccc2OC(C)CCCC)c1. The fourth-order valence-electron chi connectivity index (χ4n) is 4.50. The number of aryl methyl sites for hydroxylation is 1. The van der Waals surface area contributed by atoms with Crippen LogP contribution in [0.25, 0.3) is 6.08 Å². The van der Waals surface area contributed by atoms with Crippen molar-refractivity contribution in [3.63, 3.8) is 0 Å². The van der Waals surface area contributed by atoms with Gasteiger partial charge in [-0.1, -0.05) is 72.3 Å². The van der Waals surface area contributed by atoms with Gasteiger partial charge in [0.15, 0.2) is 5.78 Å². The second-order valence-electron chi connectivity index (χ2n) is 10.8. The molecule has 0 aromatic heterocycles. The van der Waals surface area contributed by atoms with Crippen molar-refractivity contribution in [2.24, 2.45) is 0 Å². The molecule has 4 nitrogen and oxygen atoms in total. The monoisotopic (exact) mass is 536 g/mol. The van der Waals surface area contributed by atoms with Gasteiger partial charge in [0.05, 0.1) is 18.3 Å². The zero-order valence-corrected chi connectivity index (χ0v) is 25.6. The molecular weight excluding hydrogens is 484 g/mol. The molecule has 216 valence electrons. The maximum absolute atomic E-state index is 13.4. The molecule has 4 heteroatoms. The number of benzene rings is 2. The van der Waals surface area contributed by atoms with Crippen molar-refractivity contribution in [1.29, 1.82) is 0 Å². The fraction of sp³-hybridized carbons (Fsp3) is 0.571. The Morgan fingerprint density at radius 3 is 1.72 bits per heavy atom. The number of hydrogen-bond acceptors (Lipinski definition) is 4. The predicted molar refractivity (Wildman–Crippen MR) is 164 cm³/mol. The number of unbranched alkanes of at least 4 members (excludes halogenated alkanes) is 3. The van der Waals surface area contributed by atoms with Gasteiger partial charge < -0.3 is 14.2 Å². The molecule has 0 spiro atoms. The molecule has 2 rings (SSSR count). The van der Waals surface area contributed by atoms with Crippen molar-refractivity contribution < 1.29 is 19.0 Å². The molecule has 0 saturated carbocycles. The minimum Gasteiger partial charge on any atom is -0.491 e. The zero-order valence-electron chi connectivity index (χ0n) is 25.6. The molecule has 0 fully saturated rings. The molecule has 0 aliphatic heterocycles. The van der Waals surface area contributed by atoms with Gasteiger partial charge in [-0.3, -0.25) is 4.79 Å². The van der Waals surface area contributed by atoms with Gasteiger partial charge in [-0.05, 0) is 88.4 Å². The minimum absolute atomic E-state index is 0.0717. The van der Waals surface area contributed by atoms with Gasteiger partial charge >= 0.3 is 0 Å². The van der Waals surface area contributed by atoms with Crippen molar-refractivity contribution in [2.45, 2.75) is 131 Å². The smallest absolute Gasteiger partial charge is 0.186 e. The number of ether oxygens (including phenoxy) is 3. The quantitative estimate of drug-likeness (QED) is 0.132. The van der Waals surface area contributed by atoms with E-state index in [1.807, 2.05) is 30.3 Å². The van der Waals surface area contributed by atoms with Crippen LogP contribution in [0.15, 0.2) is 42.5 Å². The topological polar surface area (TPSA) is 44.8 Å². The summed E-state index contributed by atoms with van der Waals surface area (Å²) in [6.07, 6.45) is 14.4. The molecule has 3 atom stereocenters. The number of ketones is 1. The van der Waals surface area contributed by atoms with E-state index in [1.165, 1.54) is 5.56 Å². The molecule has 0 amide bonds. The van der Waals surface area contributed by atoms with Gasteiger partial charge in [-0.2, -0.15) is 0 Å². The Kier molecular flexibility index (Phi) is 14.8. The number of allylic oxidation sites excluding steroid dienone is 1. The standard InChI is InChI=1S/C35H52O4/c1-8-12-15-26(5)37-32-23-31(24-33(25-32)38-27(6)16-13-9-2)34(36)20-19-30-22-29(11-4)18-21-35(30)39-28(7)17-14-10-3/h18-28H,8-17H2,1-7H3. The second kappa shape index (κ2) is 17.8. The van der Waals surface area contributed by atoms with Crippen LogP contribution >= 0.6 is 0 Å². The summed E-state index contributed by atoms with van der Waals surface area (Å²) >= 11 is 0. The van der Waals surface area contributed by atoms with Gasteiger partial charge in [0, 0.05) is 17.2 Å². The summed E-state index contributed by atoms with van der Waals surface area (Å²) in [5.41, 5.74) is 2.70. The van der Waals surface area contributed by atoms with E-state index in [4.69, 9.17) is 14.2 Å². The Balaban J connectivity index is 2.32. The summed E-state index contributed by atoms with van der Waals surface area (Å²) in [5.74, 6) is 2.09. The molecular formula is C35H52O4. The Morgan fingerprint density at radius 1 is 0.718 bits per heavy atom.